The highest BCUT2D eigenvalue weighted by Crippen LogP contribution is 2.28. The Kier molecular flexibility index (Phi) is 25.6. The van der Waals surface area contributed by atoms with Crippen molar-refractivity contribution in [2.24, 2.45) is 5.84 Å². The van der Waals surface area contributed by atoms with Crippen LogP contribution in [0.3, 0.4) is 0 Å². The topological polar surface area (TPSA) is 41.3 Å². The number of aryl methyl sites for hydroxylation is 1. The number of nitrogens with zero attached hydrogens (tertiary/aromatic N) is 1. The van der Waals surface area contributed by atoms with Crippen molar-refractivity contribution in [3.63, 3.8) is 0 Å². The first kappa shape index (κ1) is 44.3. The molecule has 0 fully saturated rings. The van der Waals surface area contributed by atoms with Gasteiger partial charge in [-0.2, -0.15) is 0 Å². The highest BCUT2D eigenvalue weighted by Gasteiger charge is 2.09. The van der Waals surface area contributed by atoms with E-state index in [0.29, 0.717) is 0 Å². The number of allylic oxidation sites excluding steroid dienone is 13. The van der Waals surface area contributed by atoms with Crippen molar-refractivity contribution in [1.82, 2.24) is 5.43 Å². The summed E-state index contributed by atoms with van der Waals surface area (Å²) in [4.78, 5) is 2.23. The first-order chi connectivity index (χ1) is 23.9. The van der Waals surface area contributed by atoms with Gasteiger partial charge in [0.15, 0.2) is 0 Å². The van der Waals surface area contributed by atoms with Gasteiger partial charge < -0.3 is 4.90 Å². The van der Waals surface area contributed by atoms with Crippen molar-refractivity contribution >= 4 is 22.4 Å². The highest BCUT2D eigenvalue weighted by molar-refractivity contribution is 5.82. The lowest BCUT2D eigenvalue weighted by Gasteiger charge is -2.23. The number of benzene rings is 3. The summed E-state index contributed by atoms with van der Waals surface area (Å²) in [6.45, 7) is 25.2. The molecule has 1 aliphatic carbocycles. The van der Waals surface area contributed by atoms with Gasteiger partial charge in [-0.15, -0.1) is 0 Å². The second kappa shape index (κ2) is 28.3. The maximum absolute atomic E-state index is 4.60. The molecule has 0 radical (unpaired) electrons. The van der Waals surface area contributed by atoms with Gasteiger partial charge in [0.25, 0.3) is 0 Å². The summed E-state index contributed by atoms with van der Waals surface area (Å²) in [6.07, 6.45) is 23.0. The second-order valence-corrected chi connectivity index (χ2v) is 10.6. The number of hydrogen-bond donors (Lipinski definition) is 2. The molecule has 3 aromatic carbocycles. The van der Waals surface area contributed by atoms with Crippen LogP contribution in [0.25, 0.3) is 16.7 Å². The summed E-state index contributed by atoms with van der Waals surface area (Å²) in [5, 5.41) is 0. The van der Waals surface area contributed by atoms with Gasteiger partial charge in [-0.3, -0.25) is 11.3 Å². The zero-order valence-corrected chi connectivity index (χ0v) is 31.8. The summed E-state index contributed by atoms with van der Waals surface area (Å²) in [6, 6.07) is 27.5. The van der Waals surface area contributed by atoms with E-state index >= 15 is 0 Å². The molecule has 49 heavy (non-hydrogen) atoms. The maximum atomic E-state index is 4.60. The molecule has 0 aromatic heterocycles. The Hall–Kier alpha value is -4.70. The van der Waals surface area contributed by atoms with Crippen LogP contribution in [0.4, 0.5) is 5.69 Å². The van der Waals surface area contributed by atoms with E-state index in [1.807, 2.05) is 71.1 Å². The standard InChI is InChI=1S/C14H15N.C14H16.C13H14.2C2H6.CH6N2/c1-3-15-11-7-6-8-12(2)13-9-4-5-10-14(13)15;1-4-6-13(7-5-2)14-10-8-12(3)9-11-14;1-11-7-9-13(10-8-11)12-5-3-2-4-6-12;2*1-2;1-3-2/h4-11H,2-3H2,1H3;4-11H,1H2,2-3H3;2-7,9H,8,10H2,1H3;2*1-2H3;3H,2H2,1H3/b8-6-,11-7-;7-5-,13-6+;;;;. The lowest BCUT2D eigenvalue weighted by atomic mass is 9.94. The molecule has 0 unspecified atom stereocenters. The maximum Gasteiger partial charge on any atom is 0.0485 e. The molecule has 3 nitrogen and oxygen atoms in total. The number of nitrogens with one attached hydrogen (secondary N) is 1. The zero-order chi connectivity index (χ0) is 36.9. The average molecular weight is 658 g/mol. The van der Waals surface area contributed by atoms with E-state index in [4.69, 9.17) is 0 Å². The molecule has 0 amide bonds. The predicted molar refractivity (Wildman–Crippen MR) is 224 cm³/mol. The fraction of sp³-hybridized carbons (Fsp3) is 0.261. The molecule has 0 saturated carbocycles. The van der Waals surface area contributed by atoms with Crippen molar-refractivity contribution in [1.29, 1.82) is 0 Å². The third kappa shape index (κ3) is 17.3. The van der Waals surface area contributed by atoms with E-state index in [9.17, 15) is 0 Å². The summed E-state index contributed by atoms with van der Waals surface area (Å²) in [5.41, 5.74) is 13.8. The molecule has 5 rings (SSSR count). The van der Waals surface area contributed by atoms with Gasteiger partial charge in [-0.25, -0.2) is 0 Å². The van der Waals surface area contributed by atoms with Crippen molar-refractivity contribution in [2.75, 3.05) is 18.5 Å². The van der Waals surface area contributed by atoms with E-state index in [1.165, 1.54) is 57.5 Å². The van der Waals surface area contributed by atoms with Crippen LogP contribution in [0.2, 0.25) is 0 Å². The summed E-state index contributed by atoms with van der Waals surface area (Å²) in [7, 11) is 1.65. The summed E-state index contributed by atoms with van der Waals surface area (Å²) < 4.78 is 0. The Labute approximate surface area is 300 Å². The number of anilines is 1. The number of nitrogens with two attached hydrogens (primary N) is 1. The Balaban J connectivity index is 0.000000646. The van der Waals surface area contributed by atoms with Gasteiger partial charge in [0.1, 0.15) is 0 Å². The van der Waals surface area contributed by atoms with Crippen molar-refractivity contribution in [3.8, 4) is 0 Å². The summed E-state index contributed by atoms with van der Waals surface area (Å²) >= 11 is 0. The van der Waals surface area contributed by atoms with Gasteiger partial charge in [-0.05, 0) is 87.6 Å². The molecule has 0 saturated heterocycles. The monoisotopic (exact) mass is 658 g/mol. The quantitative estimate of drug-likeness (QED) is 0.163. The molecule has 1 aliphatic heterocycles. The van der Waals surface area contributed by atoms with Crippen LogP contribution in [0.1, 0.15) is 83.6 Å². The SMILES string of the molecule is C=C/C=C(\C=C/C)c1ccc(C)cc1.C=C1/C=C\C=C/N(CC)c2ccccc21.CC.CC.CC1=CC=C(c2ccccc2)CC1.CNN. The van der Waals surface area contributed by atoms with Crippen LogP contribution in [-0.4, -0.2) is 13.6 Å². The lowest BCUT2D eigenvalue weighted by molar-refractivity contribution is 0.900. The Bertz CT molecular complexity index is 1510. The Morgan fingerprint density at radius 2 is 1.47 bits per heavy atom. The second-order valence-electron chi connectivity index (χ2n) is 10.6. The fourth-order valence-electron chi connectivity index (χ4n) is 4.70. The number of para-hydroxylation sites is 1. The van der Waals surface area contributed by atoms with Crippen molar-refractivity contribution < 1.29 is 0 Å². The highest BCUT2D eigenvalue weighted by atomic mass is 15.2. The third-order valence-corrected chi connectivity index (χ3v) is 7.11. The van der Waals surface area contributed by atoms with Crippen LogP contribution >= 0.6 is 0 Å². The largest absolute Gasteiger partial charge is 0.348 e. The zero-order valence-electron chi connectivity index (χ0n) is 31.8. The van der Waals surface area contributed by atoms with Gasteiger partial charge in [0.05, 0.1) is 0 Å². The van der Waals surface area contributed by atoms with Gasteiger partial charge in [0.2, 0.25) is 0 Å². The van der Waals surface area contributed by atoms with Gasteiger partial charge in [-0.1, -0.05) is 173 Å². The Morgan fingerprint density at radius 1 is 0.857 bits per heavy atom. The van der Waals surface area contributed by atoms with Crippen LogP contribution < -0.4 is 16.2 Å². The van der Waals surface area contributed by atoms with Gasteiger partial charge in [0, 0.05) is 24.0 Å². The van der Waals surface area contributed by atoms with Crippen LogP contribution in [0.5, 0.6) is 0 Å². The van der Waals surface area contributed by atoms with Crippen LogP contribution in [-0.2, 0) is 0 Å². The molecule has 3 aromatic rings. The molecule has 0 spiro atoms. The summed E-state index contributed by atoms with van der Waals surface area (Å²) in [5.74, 6) is 4.60. The molecule has 0 atom stereocenters. The average Bonchev–Trinajstić information content (AvgIpc) is 3.14. The molecule has 2 aliphatic rings. The molecule has 3 N–H and O–H groups in total. The van der Waals surface area contributed by atoms with E-state index in [-0.39, 0.29) is 0 Å². The van der Waals surface area contributed by atoms with E-state index in [1.54, 1.807) is 7.05 Å². The normalized spacial score (nSPS) is 14.2. The first-order valence-electron chi connectivity index (χ1n) is 17.6. The van der Waals surface area contributed by atoms with E-state index in [2.05, 4.69) is 153 Å². The fourth-order valence-corrected chi connectivity index (χ4v) is 4.70. The molecule has 1 heterocycles. The minimum Gasteiger partial charge on any atom is -0.348 e. The van der Waals surface area contributed by atoms with Crippen molar-refractivity contribution in [3.05, 3.63) is 181 Å². The van der Waals surface area contributed by atoms with Crippen LogP contribution in [0, 0.1) is 6.92 Å². The molecule has 0 bridgehead atoms. The minimum atomic E-state index is 0.967. The molecular formula is C46H63N3. The lowest BCUT2D eigenvalue weighted by Crippen LogP contribution is -2.16. The predicted octanol–water partition coefficient (Wildman–Crippen LogP) is 12.7. The van der Waals surface area contributed by atoms with Crippen LogP contribution in [0.15, 0.2) is 158 Å². The van der Waals surface area contributed by atoms with Gasteiger partial charge >= 0.3 is 0 Å². The number of hydrazine groups is 1. The molecule has 262 valence electrons. The smallest absolute Gasteiger partial charge is 0.0485 e. The minimum absolute atomic E-state index is 0.967. The molecule has 3 heteroatoms. The third-order valence-electron chi connectivity index (χ3n) is 7.11. The van der Waals surface area contributed by atoms with E-state index in [0.717, 1.165) is 12.1 Å². The number of fused-ring (bicyclic) bond motifs is 1. The number of hydrogen-bond acceptors (Lipinski definition) is 3. The van der Waals surface area contributed by atoms with Crippen molar-refractivity contribution in [2.45, 2.75) is 68.2 Å². The number of rotatable bonds is 5. The first-order valence-corrected chi connectivity index (χ1v) is 17.6. The van der Waals surface area contributed by atoms with E-state index < -0.39 is 0 Å². The molecular weight excluding hydrogens is 595 g/mol. The Morgan fingerprint density at radius 3 is 2.02 bits per heavy atom.